The molecule has 1 aromatic rings. The van der Waals surface area contributed by atoms with E-state index < -0.39 is 28.4 Å². The topological polar surface area (TPSA) is 53.6 Å². The Kier molecular flexibility index (Phi) is 18.7. The molecule has 222 valence electrons. The maximum atomic E-state index is 9.87. The van der Waals surface area contributed by atoms with Crippen LogP contribution in [0, 0.1) is 46.6 Å². The lowest BCUT2D eigenvalue weighted by Gasteiger charge is -2.04. The Morgan fingerprint density at radius 2 is 1.02 bits per heavy atom. The van der Waals surface area contributed by atoms with Crippen molar-refractivity contribution in [3.05, 3.63) is 48.0 Å². The van der Waals surface area contributed by atoms with Crippen LogP contribution >= 0.6 is 0 Å². The molecule has 0 saturated heterocycles. The summed E-state index contributed by atoms with van der Waals surface area (Å²) < 4.78 is 5.72. The summed E-state index contributed by atoms with van der Waals surface area (Å²) in [5.41, 5.74) is 6.39. The monoisotopic (exact) mass is 588 g/mol. The number of aliphatic hydroxyl groups is 2. The van der Waals surface area contributed by atoms with Crippen LogP contribution in [-0.2, 0) is 0 Å². The molecule has 2 N–H and O–H groups in total. The minimum atomic E-state index is -1.42. The number of allylic oxidation sites excluding steroid dienone is 2. The molecule has 5 heteroatoms. The van der Waals surface area contributed by atoms with E-state index in [0.717, 1.165) is 64.2 Å². The smallest absolute Gasteiger partial charge is 0.178 e. The zero-order valence-corrected chi connectivity index (χ0v) is 28.4. The van der Waals surface area contributed by atoms with Gasteiger partial charge >= 0.3 is 0 Å². The van der Waals surface area contributed by atoms with Gasteiger partial charge in [0, 0.05) is 12.8 Å². The minimum Gasteiger partial charge on any atom is -0.439 e. The van der Waals surface area contributed by atoms with Gasteiger partial charge in [-0.15, -0.1) is 11.1 Å². The standard InChI is InChI=1S/C36H52O3Si2/c1-40(2,3)31-29-33(37)23-19-15-11-7-9-13-17-21-25-35-27-28-36(39-35)26-22-18-14-10-8-12-16-20-24-34(38)30-32-41(4,5)6/h19-20,23-24,27-28,33-34,37-38H,7-18H2,1-6H3/b23-19+,24-20+/t33-,34-/m1/s1. The summed E-state index contributed by atoms with van der Waals surface area (Å²) in [5, 5.41) is 19.7. The lowest BCUT2D eigenvalue weighted by molar-refractivity contribution is 0.280. The fourth-order valence-electron chi connectivity index (χ4n) is 3.56. The Morgan fingerprint density at radius 1 is 0.634 bits per heavy atom. The summed E-state index contributed by atoms with van der Waals surface area (Å²) in [7, 11) is -2.85. The Balaban J connectivity index is 2.11. The van der Waals surface area contributed by atoms with Gasteiger partial charge in [-0.25, -0.2) is 0 Å². The lowest BCUT2D eigenvalue weighted by Crippen LogP contribution is -2.17. The van der Waals surface area contributed by atoms with Crippen molar-refractivity contribution in [3.8, 4) is 46.6 Å². The second-order valence-corrected chi connectivity index (χ2v) is 22.0. The molecule has 2 atom stereocenters. The molecule has 1 rings (SSSR count). The quantitative estimate of drug-likeness (QED) is 0.0995. The maximum Gasteiger partial charge on any atom is 0.178 e. The van der Waals surface area contributed by atoms with Crippen molar-refractivity contribution in [1.29, 1.82) is 0 Å². The summed E-state index contributed by atoms with van der Waals surface area (Å²) in [6.45, 7) is 13.1. The van der Waals surface area contributed by atoms with Gasteiger partial charge in [-0.05, 0) is 74.7 Å². The van der Waals surface area contributed by atoms with Crippen molar-refractivity contribution in [1.82, 2.24) is 0 Å². The van der Waals surface area contributed by atoms with Crippen LogP contribution in [0.5, 0.6) is 0 Å². The summed E-state index contributed by atoms with van der Waals surface area (Å²) >= 11 is 0. The van der Waals surface area contributed by atoms with Crippen LogP contribution in [-0.4, -0.2) is 38.6 Å². The molecule has 0 spiro atoms. The molecule has 1 aromatic heterocycles. The Hall–Kier alpha value is -2.65. The summed E-state index contributed by atoms with van der Waals surface area (Å²) in [5.74, 6) is 19.9. The summed E-state index contributed by atoms with van der Waals surface area (Å²) in [6.07, 6.45) is 19.2. The fourth-order valence-corrected chi connectivity index (χ4v) is 4.72. The highest BCUT2D eigenvalue weighted by molar-refractivity contribution is 6.84. The molecule has 0 bridgehead atoms. The molecular weight excluding hydrogens is 537 g/mol. The van der Waals surface area contributed by atoms with Crippen molar-refractivity contribution in [2.24, 2.45) is 0 Å². The highest BCUT2D eigenvalue weighted by Crippen LogP contribution is 2.09. The largest absolute Gasteiger partial charge is 0.439 e. The van der Waals surface area contributed by atoms with Gasteiger partial charge in [0.05, 0.1) is 0 Å². The summed E-state index contributed by atoms with van der Waals surface area (Å²) in [4.78, 5) is 0. The van der Waals surface area contributed by atoms with Crippen LogP contribution in [0.15, 0.2) is 40.9 Å². The first-order chi connectivity index (χ1) is 19.4. The number of aliphatic hydroxyl groups excluding tert-OH is 2. The molecule has 3 nitrogen and oxygen atoms in total. The Bertz CT molecular complexity index is 1090. The SMILES string of the molecule is C[Si](C)(C)C#C[C@H](O)/C=C/CCCCCCC#Cc1ccc(C#CCCCCCC/C=C/[C@@H](O)C#C[Si](C)(C)C)o1. The highest BCUT2D eigenvalue weighted by atomic mass is 28.3. The van der Waals surface area contributed by atoms with Crippen LogP contribution in [0.3, 0.4) is 0 Å². The molecule has 0 fully saturated rings. The molecule has 0 aliphatic rings. The molecule has 1 heterocycles. The number of rotatable bonds is 14. The zero-order chi connectivity index (χ0) is 30.4. The van der Waals surface area contributed by atoms with E-state index in [9.17, 15) is 10.2 Å². The van der Waals surface area contributed by atoms with Crippen LogP contribution in [0.1, 0.15) is 88.6 Å². The molecule has 0 aliphatic heterocycles. The first-order valence-electron chi connectivity index (χ1n) is 15.3. The van der Waals surface area contributed by atoms with Crippen LogP contribution in [0.25, 0.3) is 0 Å². The number of hydrogen-bond acceptors (Lipinski definition) is 3. The van der Waals surface area contributed by atoms with Gasteiger partial charge in [-0.2, -0.15) is 0 Å². The van der Waals surface area contributed by atoms with Crippen molar-refractivity contribution < 1.29 is 14.6 Å². The zero-order valence-electron chi connectivity index (χ0n) is 26.4. The third-order valence-corrected chi connectivity index (χ3v) is 7.49. The van der Waals surface area contributed by atoms with Gasteiger partial charge in [0.1, 0.15) is 28.4 Å². The Labute approximate surface area is 253 Å². The molecule has 0 aromatic carbocycles. The second-order valence-electron chi connectivity index (χ2n) is 12.5. The maximum absolute atomic E-state index is 9.87. The van der Waals surface area contributed by atoms with Crippen molar-refractivity contribution in [2.45, 2.75) is 129 Å². The minimum absolute atomic E-state index is 0.637. The molecule has 0 amide bonds. The van der Waals surface area contributed by atoms with Crippen LogP contribution < -0.4 is 0 Å². The molecule has 0 unspecified atom stereocenters. The van der Waals surface area contributed by atoms with Gasteiger partial charge in [0.25, 0.3) is 0 Å². The van der Waals surface area contributed by atoms with E-state index in [2.05, 4.69) is 85.9 Å². The van der Waals surface area contributed by atoms with Gasteiger partial charge in [0.2, 0.25) is 0 Å². The lowest BCUT2D eigenvalue weighted by atomic mass is 10.1. The molecular formula is C36H52O3Si2. The second kappa shape index (κ2) is 21.1. The first-order valence-corrected chi connectivity index (χ1v) is 22.3. The first kappa shape index (κ1) is 36.4. The Morgan fingerprint density at radius 3 is 1.41 bits per heavy atom. The third kappa shape index (κ3) is 23.7. The normalized spacial score (nSPS) is 12.9. The van der Waals surface area contributed by atoms with E-state index in [0.29, 0.717) is 11.5 Å². The molecule has 0 radical (unpaired) electrons. The van der Waals surface area contributed by atoms with Crippen molar-refractivity contribution in [3.63, 3.8) is 0 Å². The van der Waals surface area contributed by atoms with Gasteiger partial charge in [-0.3, -0.25) is 0 Å². The van der Waals surface area contributed by atoms with Gasteiger partial charge < -0.3 is 14.6 Å². The van der Waals surface area contributed by atoms with E-state index >= 15 is 0 Å². The molecule has 41 heavy (non-hydrogen) atoms. The third-order valence-electron chi connectivity index (χ3n) is 5.70. The van der Waals surface area contributed by atoms with E-state index in [1.165, 1.54) is 12.8 Å². The number of furan rings is 1. The molecule has 0 saturated carbocycles. The van der Waals surface area contributed by atoms with Gasteiger partial charge in [-0.1, -0.05) is 101 Å². The van der Waals surface area contributed by atoms with E-state index in [1.54, 1.807) is 0 Å². The highest BCUT2D eigenvalue weighted by Gasteiger charge is 2.08. The van der Waals surface area contributed by atoms with Crippen molar-refractivity contribution >= 4 is 16.1 Å². The van der Waals surface area contributed by atoms with E-state index in [4.69, 9.17) is 4.42 Å². The number of unbranched alkanes of at least 4 members (excludes halogenated alkanes) is 10. The summed E-state index contributed by atoms with van der Waals surface area (Å²) in [6, 6.07) is 3.79. The van der Waals surface area contributed by atoms with E-state index in [1.807, 2.05) is 36.4 Å². The predicted octanol–water partition coefficient (Wildman–Crippen LogP) is 8.26. The average Bonchev–Trinajstić information content (AvgIpc) is 3.35. The average molecular weight is 589 g/mol. The predicted molar refractivity (Wildman–Crippen MR) is 180 cm³/mol. The van der Waals surface area contributed by atoms with Crippen LogP contribution in [0.4, 0.5) is 0 Å². The van der Waals surface area contributed by atoms with Gasteiger partial charge in [0.15, 0.2) is 11.5 Å². The molecule has 0 aliphatic carbocycles. The van der Waals surface area contributed by atoms with Crippen LogP contribution in [0.2, 0.25) is 39.3 Å². The fraction of sp³-hybridized carbons (Fsp3) is 0.556. The van der Waals surface area contributed by atoms with E-state index in [-0.39, 0.29) is 0 Å². The van der Waals surface area contributed by atoms with Crippen molar-refractivity contribution in [2.75, 3.05) is 0 Å². The number of hydrogen-bond donors (Lipinski definition) is 2.